The molecular weight excluding hydrogens is 264 g/mol. The number of nitrogens with one attached hydrogen (secondary N) is 1. The van der Waals surface area contributed by atoms with Crippen molar-refractivity contribution in [2.24, 2.45) is 0 Å². The average molecular weight is 286 g/mol. The summed E-state index contributed by atoms with van der Waals surface area (Å²) >= 11 is 0. The van der Waals surface area contributed by atoms with Crippen LogP contribution in [0.15, 0.2) is 28.7 Å². The third-order valence-electron chi connectivity index (χ3n) is 4.03. The van der Waals surface area contributed by atoms with Crippen LogP contribution in [0, 0.1) is 6.92 Å². The van der Waals surface area contributed by atoms with Crippen LogP contribution in [0.5, 0.6) is 0 Å². The molecule has 0 aliphatic carbocycles. The van der Waals surface area contributed by atoms with Crippen LogP contribution in [0.25, 0.3) is 11.5 Å². The van der Waals surface area contributed by atoms with Gasteiger partial charge in [-0.3, -0.25) is 4.90 Å². The Kier molecular flexibility index (Phi) is 4.31. The zero-order valence-corrected chi connectivity index (χ0v) is 12.7. The van der Waals surface area contributed by atoms with Gasteiger partial charge in [0.1, 0.15) is 0 Å². The summed E-state index contributed by atoms with van der Waals surface area (Å²) in [5.74, 6) is 1.30. The highest BCUT2D eigenvalue weighted by Crippen LogP contribution is 2.20. The molecule has 2 heterocycles. The number of aromatic nitrogens is 2. The van der Waals surface area contributed by atoms with Crippen molar-refractivity contribution in [1.82, 2.24) is 20.4 Å². The molecule has 1 atom stereocenters. The van der Waals surface area contributed by atoms with Crippen molar-refractivity contribution >= 4 is 0 Å². The number of rotatable bonds is 5. The van der Waals surface area contributed by atoms with E-state index < -0.39 is 0 Å². The first-order valence-electron chi connectivity index (χ1n) is 7.60. The molecule has 0 amide bonds. The topological polar surface area (TPSA) is 54.2 Å². The highest BCUT2D eigenvalue weighted by molar-refractivity contribution is 5.53. The molecule has 1 unspecified atom stereocenters. The number of nitrogens with zero attached hydrogens (tertiary/aromatic N) is 3. The summed E-state index contributed by atoms with van der Waals surface area (Å²) in [5, 5.41) is 11.8. The minimum absolute atomic E-state index is 0.573. The first-order valence-corrected chi connectivity index (χ1v) is 7.60. The van der Waals surface area contributed by atoms with Gasteiger partial charge in [-0.15, -0.1) is 10.2 Å². The SMILES string of the molecule is CCN(Cc1nnc(-c2cccc(C)c2)o1)C1CCNC1. The summed E-state index contributed by atoms with van der Waals surface area (Å²) in [6, 6.07) is 8.71. The summed E-state index contributed by atoms with van der Waals surface area (Å²) < 4.78 is 5.83. The van der Waals surface area contributed by atoms with E-state index >= 15 is 0 Å². The largest absolute Gasteiger partial charge is 0.419 e. The van der Waals surface area contributed by atoms with Gasteiger partial charge in [-0.1, -0.05) is 24.6 Å². The molecule has 2 aromatic rings. The Morgan fingerprint density at radius 2 is 2.29 bits per heavy atom. The van der Waals surface area contributed by atoms with Gasteiger partial charge in [0.25, 0.3) is 0 Å². The van der Waals surface area contributed by atoms with Gasteiger partial charge >= 0.3 is 0 Å². The fourth-order valence-corrected chi connectivity index (χ4v) is 2.84. The summed E-state index contributed by atoms with van der Waals surface area (Å²) in [5.41, 5.74) is 2.18. The molecule has 1 saturated heterocycles. The van der Waals surface area contributed by atoms with E-state index in [1.165, 1.54) is 12.0 Å². The van der Waals surface area contributed by atoms with E-state index in [2.05, 4.69) is 46.4 Å². The molecule has 112 valence electrons. The molecule has 3 rings (SSSR count). The normalized spacial score (nSPS) is 18.5. The molecule has 1 aromatic heterocycles. The molecule has 5 nitrogen and oxygen atoms in total. The second-order valence-electron chi connectivity index (χ2n) is 5.58. The van der Waals surface area contributed by atoms with E-state index in [0.29, 0.717) is 17.8 Å². The van der Waals surface area contributed by atoms with Crippen molar-refractivity contribution in [2.75, 3.05) is 19.6 Å². The van der Waals surface area contributed by atoms with Gasteiger partial charge in [0.2, 0.25) is 11.8 Å². The maximum Gasteiger partial charge on any atom is 0.247 e. The van der Waals surface area contributed by atoms with E-state index in [1.807, 2.05) is 12.1 Å². The number of hydrogen-bond acceptors (Lipinski definition) is 5. The third kappa shape index (κ3) is 3.31. The molecule has 0 spiro atoms. The number of benzene rings is 1. The lowest BCUT2D eigenvalue weighted by Crippen LogP contribution is -2.36. The van der Waals surface area contributed by atoms with Crippen molar-refractivity contribution in [2.45, 2.75) is 32.9 Å². The van der Waals surface area contributed by atoms with Gasteiger partial charge in [0.05, 0.1) is 6.54 Å². The van der Waals surface area contributed by atoms with Crippen LogP contribution in [0.3, 0.4) is 0 Å². The van der Waals surface area contributed by atoms with Crippen LogP contribution < -0.4 is 5.32 Å². The van der Waals surface area contributed by atoms with E-state index in [4.69, 9.17) is 4.42 Å². The molecule has 0 bridgehead atoms. The smallest absolute Gasteiger partial charge is 0.247 e. The Labute approximate surface area is 125 Å². The molecule has 1 fully saturated rings. The molecule has 0 radical (unpaired) electrons. The molecule has 5 heteroatoms. The van der Waals surface area contributed by atoms with Gasteiger partial charge in [-0.2, -0.15) is 0 Å². The van der Waals surface area contributed by atoms with E-state index in [0.717, 1.165) is 31.7 Å². The number of likely N-dealkylation sites (N-methyl/N-ethyl adjacent to an activating group) is 1. The van der Waals surface area contributed by atoms with Crippen LogP contribution in [0.1, 0.15) is 24.8 Å². The van der Waals surface area contributed by atoms with Crippen molar-refractivity contribution < 1.29 is 4.42 Å². The predicted molar refractivity (Wildman–Crippen MR) is 81.8 cm³/mol. The Bertz CT molecular complexity index is 589. The maximum absolute atomic E-state index is 5.83. The average Bonchev–Trinajstić information content (AvgIpc) is 3.16. The maximum atomic E-state index is 5.83. The van der Waals surface area contributed by atoms with Crippen LogP contribution in [0.2, 0.25) is 0 Å². The number of hydrogen-bond donors (Lipinski definition) is 1. The Balaban J connectivity index is 1.72. The minimum Gasteiger partial charge on any atom is -0.419 e. The zero-order valence-electron chi connectivity index (χ0n) is 12.7. The third-order valence-corrected chi connectivity index (χ3v) is 4.03. The number of aryl methyl sites for hydroxylation is 1. The van der Waals surface area contributed by atoms with Gasteiger partial charge < -0.3 is 9.73 Å². The molecule has 1 aliphatic rings. The Hall–Kier alpha value is -1.72. The van der Waals surface area contributed by atoms with Gasteiger partial charge in [0, 0.05) is 18.2 Å². The standard InChI is InChI=1S/C16H22N4O/c1-3-20(14-7-8-17-10-14)11-15-18-19-16(21-15)13-6-4-5-12(2)9-13/h4-6,9,14,17H,3,7-8,10-11H2,1-2H3. The summed E-state index contributed by atoms with van der Waals surface area (Å²) in [6.45, 7) is 8.10. The van der Waals surface area contributed by atoms with Crippen molar-refractivity contribution in [3.05, 3.63) is 35.7 Å². The van der Waals surface area contributed by atoms with E-state index in [9.17, 15) is 0 Å². The van der Waals surface area contributed by atoms with Crippen molar-refractivity contribution in [3.8, 4) is 11.5 Å². The van der Waals surface area contributed by atoms with Crippen LogP contribution >= 0.6 is 0 Å². The first kappa shape index (κ1) is 14.2. The fraction of sp³-hybridized carbons (Fsp3) is 0.500. The highest BCUT2D eigenvalue weighted by Gasteiger charge is 2.22. The summed E-state index contributed by atoms with van der Waals surface area (Å²) in [4.78, 5) is 2.40. The molecule has 0 saturated carbocycles. The van der Waals surface area contributed by atoms with E-state index in [-0.39, 0.29) is 0 Å². The van der Waals surface area contributed by atoms with Crippen LogP contribution in [0.4, 0.5) is 0 Å². The van der Waals surface area contributed by atoms with Gasteiger partial charge in [-0.25, -0.2) is 0 Å². The minimum atomic E-state index is 0.573. The lowest BCUT2D eigenvalue weighted by molar-refractivity contribution is 0.191. The van der Waals surface area contributed by atoms with Gasteiger partial charge in [-0.05, 0) is 38.6 Å². The van der Waals surface area contributed by atoms with Crippen molar-refractivity contribution in [1.29, 1.82) is 0 Å². The zero-order chi connectivity index (χ0) is 14.7. The lowest BCUT2D eigenvalue weighted by atomic mass is 10.1. The lowest BCUT2D eigenvalue weighted by Gasteiger charge is -2.24. The summed E-state index contributed by atoms with van der Waals surface area (Å²) in [7, 11) is 0. The Morgan fingerprint density at radius 1 is 1.38 bits per heavy atom. The molecule has 1 N–H and O–H groups in total. The van der Waals surface area contributed by atoms with Gasteiger partial charge in [0.15, 0.2) is 0 Å². The second-order valence-corrected chi connectivity index (χ2v) is 5.58. The van der Waals surface area contributed by atoms with E-state index in [1.54, 1.807) is 0 Å². The first-order chi connectivity index (χ1) is 10.3. The molecular formula is C16H22N4O. The monoisotopic (exact) mass is 286 g/mol. The molecule has 21 heavy (non-hydrogen) atoms. The summed E-state index contributed by atoms with van der Waals surface area (Å²) in [6.07, 6.45) is 1.19. The quantitative estimate of drug-likeness (QED) is 0.913. The van der Waals surface area contributed by atoms with Crippen LogP contribution in [-0.4, -0.2) is 40.8 Å². The molecule has 1 aromatic carbocycles. The Morgan fingerprint density at radius 3 is 3.00 bits per heavy atom. The fourth-order valence-electron chi connectivity index (χ4n) is 2.84. The second kappa shape index (κ2) is 6.37. The van der Waals surface area contributed by atoms with Crippen molar-refractivity contribution in [3.63, 3.8) is 0 Å². The van der Waals surface area contributed by atoms with Crippen LogP contribution in [-0.2, 0) is 6.54 Å². The molecule has 1 aliphatic heterocycles. The highest BCUT2D eigenvalue weighted by atomic mass is 16.4. The predicted octanol–water partition coefficient (Wildman–Crippen LogP) is 2.23.